The van der Waals surface area contributed by atoms with E-state index in [4.69, 9.17) is 4.74 Å². The van der Waals surface area contributed by atoms with Crippen molar-refractivity contribution in [3.63, 3.8) is 0 Å². The lowest BCUT2D eigenvalue weighted by atomic mass is 9.87. The molecule has 0 saturated heterocycles. The molecule has 0 unspecified atom stereocenters. The van der Waals surface area contributed by atoms with Crippen molar-refractivity contribution in [1.29, 1.82) is 0 Å². The molecule has 0 aliphatic heterocycles. The largest absolute Gasteiger partial charge is 0.491 e. The first-order valence-corrected chi connectivity index (χ1v) is 10.6. The fraction of sp³-hybridized carbons (Fsp3) is 0.480. The summed E-state index contributed by atoms with van der Waals surface area (Å²) >= 11 is 0. The Morgan fingerprint density at radius 1 is 0.893 bits per heavy atom. The lowest BCUT2D eigenvalue weighted by Crippen LogP contribution is -2.33. The van der Waals surface area contributed by atoms with Crippen LogP contribution < -0.4 is 4.74 Å². The van der Waals surface area contributed by atoms with Gasteiger partial charge in [0.2, 0.25) is 5.91 Å². The van der Waals surface area contributed by atoms with E-state index in [2.05, 4.69) is 57.2 Å². The number of benzene rings is 2. The SMILES string of the molecule is CCCN(CCC)C(=O)C[C@H](c1ccc(C)cc1)c1ccc(OC(C)C)cc1. The van der Waals surface area contributed by atoms with Crippen molar-refractivity contribution in [2.45, 2.75) is 65.9 Å². The summed E-state index contributed by atoms with van der Waals surface area (Å²) < 4.78 is 5.78. The van der Waals surface area contributed by atoms with Gasteiger partial charge in [-0.2, -0.15) is 0 Å². The lowest BCUT2D eigenvalue weighted by molar-refractivity contribution is -0.131. The summed E-state index contributed by atoms with van der Waals surface area (Å²) in [6.45, 7) is 12.0. The van der Waals surface area contributed by atoms with Gasteiger partial charge in [-0.1, -0.05) is 55.8 Å². The van der Waals surface area contributed by atoms with Gasteiger partial charge in [-0.15, -0.1) is 0 Å². The van der Waals surface area contributed by atoms with Gasteiger partial charge in [-0.3, -0.25) is 4.79 Å². The van der Waals surface area contributed by atoms with Gasteiger partial charge in [0.05, 0.1) is 6.10 Å². The molecule has 0 N–H and O–H groups in total. The van der Waals surface area contributed by atoms with Crippen LogP contribution >= 0.6 is 0 Å². The summed E-state index contributed by atoms with van der Waals surface area (Å²) in [5.74, 6) is 1.15. The Balaban J connectivity index is 2.29. The molecule has 2 aromatic carbocycles. The van der Waals surface area contributed by atoms with Gasteiger partial charge in [0.15, 0.2) is 0 Å². The molecule has 2 aromatic rings. The van der Waals surface area contributed by atoms with Gasteiger partial charge in [-0.25, -0.2) is 0 Å². The smallest absolute Gasteiger partial charge is 0.223 e. The number of hydrogen-bond acceptors (Lipinski definition) is 2. The molecule has 28 heavy (non-hydrogen) atoms. The first-order valence-electron chi connectivity index (χ1n) is 10.6. The summed E-state index contributed by atoms with van der Waals surface area (Å²) in [5.41, 5.74) is 3.57. The predicted molar refractivity (Wildman–Crippen MR) is 117 cm³/mol. The second-order valence-corrected chi connectivity index (χ2v) is 7.78. The zero-order valence-corrected chi connectivity index (χ0v) is 18.1. The molecule has 0 aromatic heterocycles. The van der Waals surface area contributed by atoms with Crippen LogP contribution in [0.15, 0.2) is 48.5 Å². The van der Waals surface area contributed by atoms with Crippen LogP contribution in [0.3, 0.4) is 0 Å². The highest BCUT2D eigenvalue weighted by atomic mass is 16.5. The number of rotatable bonds is 10. The zero-order valence-electron chi connectivity index (χ0n) is 18.1. The van der Waals surface area contributed by atoms with E-state index in [-0.39, 0.29) is 17.9 Å². The van der Waals surface area contributed by atoms with Crippen LogP contribution in [0.4, 0.5) is 0 Å². The normalized spacial score (nSPS) is 12.1. The van der Waals surface area contributed by atoms with E-state index in [0.29, 0.717) is 6.42 Å². The molecule has 0 spiro atoms. The average molecular weight is 382 g/mol. The molecule has 1 atom stereocenters. The third kappa shape index (κ3) is 6.40. The number of nitrogens with zero attached hydrogens (tertiary/aromatic N) is 1. The Kier molecular flexibility index (Phi) is 8.56. The zero-order chi connectivity index (χ0) is 20.5. The third-order valence-electron chi connectivity index (χ3n) is 4.85. The standard InChI is InChI=1S/C25H35NO2/c1-6-16-26(17-7-2)25(27)18-24(21-10-8-20(5)9-11-21)22-12-14-23(15-13-22)28-19(3)4/h8-15,19,24H,6-7,16-18H2,1-5H3/t24-/m1/s1. The van der Waals surface area contributed by atoms with Crippen molar-refractivity contribution in [1.82, 2.24) is 4.90 Å². The topological polar surface area (TPSA) is 29.5 Å². The van der Waals surface area contributed by atoms with Crippen LogP contribution in [0.1, 0.15) is 69.6 Å². The molecule has 2 rings (SSSR count). The Labute approximate surface area is 170 Å². The van der Waals surface area contributed by atoms with Crippen molar-refractivity contribution < 1.29 is 9.53 Å². The highest BCUT2D eigenvalue weighted by molar-refractivity contribution is 5.77. The maximum atomic E-state index is 13.1. The number of hydrogen-bond donors (Lipinski definition) is 0. The molecule has 0 radical (unpaired) electrons. The van der Waals surface area contributed by atoms with Crippen LogP contribution in [0.25, 0.3) is 0 Å². The minimum atomic E-state index is 0.0532. The van der Waals surface area contributed by atoms with Gasteiger partial charge in [0.25, 0.3) is 0 Å². The van der Waals surface area contributed by atoms with Crippen LogP contribution in [0, 0.1) is 6.92 Å². The Bertz CT molecular complexity index is 713. The van der Waals surface area contributed by atoms with E-state index in [0.717, 1.165) is 37.2 Å². The monoisotopic (exact) mass is 381 g/mol. The Morgan fingerprint density at radius 3 is 1.86 bits per heavy atom. The average Bonchev–Trinajstić information content (AvgIpc) is 2.67. The third-order valence-corrected chi connectivity index (χ3v) is 4.85. The second kappa shape index (κ2) is 10.9. The van der Waals surface area contributed by atoms with Crippen molar-refractivity contribution in [3.8, 4) is 5.75 Å². The highest BCUT2D eigenvalue weighted by Crippen LogP contribution is 2.30. The first-order chi connectivity index (χ1) is 13.4. The predicted octanol–water partition coefficient (Wildman–Crippen LogP) is 5.95. The molecule has 0 fully saturated rings. The van der Waals surface area contributed by atoms with E-state index in [1.807, 2.05) is 30.9 Å². The number of carbonyl (C=O) groups is 1. The van der Waals surface area contributed by atoms with Crippen molar-refractivity contribution in [3.05, 3.63) is 65.2 Å². The maximum absolute atomic E-state index is 13.1. The van der Waals surface area contributed by atoms with Gasteiger partial charge in [-0.05, 0) is 56.9 Å². The van der Waals surface area contributed by atoms with Crippen LogP contribution in [0.2, 0.25) is 0 Å². The minimum Gasteiger partial charge on any atom is -0.491 e. The molecular formula is C25H35NO2. The molecular weight excluding hydrogens is 346 g/mol. The van der Waals surface area contributed by atoms with Crippen molar-refractivity contribution >= 4 is 5.91 Å². The highest BCUT2D eigenvalue weighted by Gasteiger charge is 2.22. The van der Waals surface area contributed by atoms with Crippen molar-refractivity contribution in [2.75, 3.05) is 13.1 Å². The van der Waals surface area contributed by atoms with Crippen LogP contribution in [-0.4, -0.2) is 30.0 Å². The molecule has 0 aliphatic carbocycles. The van der Waals surface area contributed by atoms with E-state index in [1.54, 1.807) is 0 Å². The van der Waals surface area contributed by atoms with Gasteiger partial charge in [0.1, 0.15) is 5.75 Å². The molecule has 0 heterocycles. The summed E-state index contributed by atoms with van der Waals surface area (Å²) in [7, 11) is 0. The van der Waals surface area contributed by atoms with Gasteiger partial charge in [0, 0.05) is 25.4 Å². The van der Waals surface area contributed by atoms with E-state index < -0.39 is 0 Å². The molecule has 0 saturated carbocycles. The maximum Gasteiger partial charge on any atom is 0.223 e. The molecule has 1 amide bonds. The molecule has 3 heteroatoms. The fourth-order valence-corrected chi connectivity index (χ4v) is 3.48. The lowest BCUT2D eigenvalue weighted by Gasteiger charge is -2.25. The number of aryl methyl sites for hydroxylation is 1. The molecule has 0 bridgehead atoms. The molecule has 152 valence electrons. The first kappa shape index (κ1) is 22.0. The van der Waals surface area contributed by atoms with E-state index >= 15 is 0 Å². The Hall–Kier alpha value is -2.29. The van der Waals surface area contributed by atoms with Gasteiger partial charge < -0.3 is 9.64 Å². The van der Waals surface area contributed by atoms with Crippen LogP contribution in [0.5, 0.6) is 5.75 Å². The summed E-state index contributed by atoms with van der Waals surface area (Å²) in [6, 6.07) is 16.8. The summed E-state index contributed by atoms with van der Waals surface area (Å²) in [6.07, 6.45) is 2.62. The molecule has 0 aliphatic rings. The number of ether oxygens (including phenoxy) is 1. The summed E-state index contributed by atoms with van der Waals surface area (Å²) in [4.78, 5) is 15.1. The number of carbonyl (C=O) groups excluding carboxylic acids is 1. The quantitative estimate of drug-likeness (QED) is 0.509. The van der Waals surface area contributed by atoms with Gasteiger partial charge >= 0.3 is 0 Å². The Morgan fingerprint density at radius 2 is 1.39 bits per heavy atom. The van der Waals surface area contributed by atoms with E-state index in [9.17, 15) is 4.79 Å². The van der Waals surface area contributed by atoms with Crippen molar-refractivity contribution in [2.24, 2.45) is 0 Å². The number of amides is 1. The van der Waals surface area contributed by atoms with Crippen LogP contribution in [-0.2, 0) is 4.79 Å². The fourth-order valence-electron chi connectivity index (χ4n) is 3.48. The summed E-state index contributed by atoms with van der Waals surface area (Å²) in [5, 5.41) is 0. The van der Waals surface area contributed by atoms with E-state index in [1.165, 1.54) is 11.1 Å². The second-order valence-electron chi connectivity index (χ2n) is 7.78. The minimum absolute atomic E-state index is 0.0532. The molecule has 3 nitrogen and oxygen atoms in total.